The van der Waals surface area contributed by atoms with Gasteiger partial charge >= 0.3 is 125 Å². The number of amides is 2. The molecular weight excluding hydrogens is 684 g/mol. The van der Waals surface area contributed by atoms with Crippen LogP contribution >= 0.6 is 11.7 Å². The minimum absolute atomic E-state index is 0.263. The average molecular weight is 733 g/mol. The Hall–Kier alpha value is -3.60. The number of piperidine rings is 2. The van der Waals surface area contributed by atoms with E-state index in [1.165, 1.54) is 16.9 Å². The summed E-state index contributed by atoms with van der Waals surface area (Å²) in [5, 5.41) is 11.3. The van der Waals surface area contributed by atoms with Crippen LogP contribution in [0, 0.1) is 5.92 Å². The van der Waals surface area contributed by atoms with Crippen LogP contribution in [0.25, 0.3) is 10.9 Å². The van der Waals surface area contributed by atoms with Crippen LogP contribution in [0.1, 0.15) is 81.3 Å². The summed E-state index contributed by atoms with van der Waals surface area (Å²) >= 11 is 0.629. The molecule has 3 fully saturated rings. The molecule has 3 aliphatic rings. The van der Waals surface area contributed by atoms with E-state index in [0.29, 0.717) is 41.9 Å². The number of benzene rings is 1. The molecule has 6 rings (SSSR count). The van der Waals surface area contributed by atoms with E-state index in [1.54, 1.807) is 7.05 Å². The van der Waals surface area contributed by atoms with E-state index < -0.39 is 11.7 Å². The fraction of sp³-hybridized carbons (Fsp3) is 0.629. The number of nitrogens with zero attached hydrogens (tertiary/aromatic N) is 7. The van der Waals surface area contributed by atoms with Gasteiger partial charge in [-0.25, -0.2) is 14.8 Å². The van der Waals surface area contributed by atoms with Crippen LogP contribution in [-0.4, -0.2) is 93.6 Å². The molecule has 0 spiro atoms. The van der Waals surface area contributed by atoms with Gasteiger partial charge in [0.1, 0.15) is 6.29 Å². The molecule has 4 heterocycles. The fourth-order valence-electron chi connectivity index (χ4n) is 7.29. The second-order valence-corrected chi connectivity index (χ2v) is 14.3. The summed E-state index contributed by atoms with van der Waals surface area (Å²) in [5.41, 5.74) is 1.51. The Morgan fingerprint density at radius 2 is 1.73 bits per heavy atom. The van der Waals surface area contributed by atoms with E-state index in [4.69, 9.17) is 0 Å². The number of carbonyl (C=O) groups excluding carboxylic acids is 2. The first-order valence-electron chi connectivity index (χ1n) is 17.9. The minimum atomic E-state index is -4.37. The van der Waals surface area contributed by atoms with Gasteiger partial charge in [0, 0.05) is 50.9 Å². The molecule has 2 N–H and O–H groups in total. The molecule has 2 saturated heterocycles. The van der Waals surface area contributed by atoms with Gasteiger partial charge in [0.25, 0.3) is 0 Å². The number of aromatic nitrogens is 4. The number of aryl methyl sites for hydroxylation is 1. The van der Waals surface area contributed by atoms with Gasteiger partial charge in [-0.05, 0) is 18.9 Å². The van der Waals surface area contributed by atoms with Gasteiger partial charge in [-0.3, -0.25) is 9.58 Å². The number of halogens is 3. The molecule has 1 saturated carbocycles. The van der Waals surface area contributed by atoms with E-state index in [-0.39, 0.29) is 18.4 Å². The van der Waals surface area contributed by atoms with E-state index >= 15 is 0 Å². The summed E-state index contributed by atoms with van der Waals surface area (Å²) in [7, 11) is 3.48. The maximum absolute atomic E-state index is 12.4. The molecule has 3 aromatic rings. The Bertz CT molecular complexity index is 1630. The van der Waals surface area contributed by atoms with Crippen LogP contribution in [0.2, 0.25) is 0 Å². The van der Waals surface area contributed by atoms with Crippen LogP contribution in [0.4, 0.5) is 29.7 Å². The number of urea groups is 1. The van der Waals surface area contributed by atoms with Crippen LogP contribution in [0.3, 0.4) is 0 Å². The van der Waals surface area contributed by atoms with E-state index in [9.17, 15) is 26.8 Å². The minimum Gasteiger partial charge on any atom is -0.351 e. The molecular formula is C35H49F3N9O3S+. The van der Waals surface area contributed by atoms with Crippen molar-refractivity contribution in [1.82, 2.24) is 34.3 Å². The van der Waals surface area contributed by atoms with Crippen molar-refractivity contribution in [3.8, 4) is 0 Å². The molecule has 16 heteroatoms. The van der Waals surface area contributed by atoms with Crippen LogP contribution in [0.5, 0.6) is 0 Å². The van der Waals surface area contributed by atoms with Crippen molar-refractivity contribution in [2.75, 3.05) is 56.5 Å². The zero-order valence-electron chi connectivity index (χ0n) is 29.4. The average Bonchev–Trinajstić information content (AvgIpc) is 3.47. The normalized spacial score (nSPS) is 18.5. The van der Waals surface area contributed by atoms with Gasteiger partial charge in [0.05, 0.1) is 11.1 Å². The summed E-state index contributed by atoms with van der Waals surface area (Å²) in [6.07, 6.45) is 8.45. The quantitative estimate of drug-likeness (QED) is 0.146. The Labute approximate surface area is 300 Å². The Balaban J connectivity index is 0.000000248. The van der Waals surface area contributed by atoms with Crippen molar-refractivity contribution in [2.45, 2.75) is 82.3 Å². The van der Waals surface area contributed by atoms with Gasteiger partial charge < -0.3 is 15.4 Å². The third kappa shape index (κ3) is 10.5. The number of fused-ring (bicyclic) bond motifs is 1. The Kier molecular flexibility index (Phi) is 13.8. The topological polar surface area (TPSA) is 131 Å². The summed E-state index contributed by atoms with van der Waals surface area (Å²) in [5.74, 6) is 2.08. The molecule has 12 nitrogen and oxygen atoms in total. The third-order valence-electron chi connectivity index (χ3n) is 10.2. The third-order valence-corrected chi connectivity index (χ3v) is 10.8. The first kappa shape index (κ1) is 38.6. The summed E-state index contributed by atoms with van der Waals surface area (Å²) < 4.78 is 51.6. The first-order valence-corrected chi connectivity index (χ1v) is 18.6. The Morgan fingerprint density at radius 3 is 2.33 bits per heavy atom. The van der Waals surface area contributed by atoms with E-state index in [2.05, 4.69) is 48.8 Å². The molecule has 278 valence electrons. The Morgan fingerprint density at radius 1 is 1.04 bits per heavy atom. The van der Waals surface area contributed by atoms with Crippen molar-refractivity contribution >= 4 is 46.7 Å². The smallest absolute Gasteiger partial charge is 0.351 e. The summed E-state index contributed by atoms with van der Waals surface area (Å²) in [6.45, 7) is 5.47. The van der Waals surface area contributed by atoms with Gasteiger partial charge in [-0.15, -0.1) is 0 Å². The zero-order valence-corrected chi connectivity index (χ0v) is 30.2. The number of alkyl halides is 3. The SMILES string of the molecule is CNC(=O)N(CCC=O)c1nn(C)c2cc(C3CCN(CC4CCN(S#[O+])CC4)CC3)ccc12.FC(F)(F)c1cnc(NC2CCCCC2)nc1. The molecule has 0 atom stereocenters. The van der Waals surface area contributed by atoms with Crippen LogP contribution in [-0.2, 0) is 22.1 Å². The maximum atomic E-state index is 12.4. The van der Waals surface area contributed by atoms with Gasteiger partial charge in [0.2, 0.25) is 5.95 Å². The monoisotopic (exact) mass is 732 g/mol. The number of hydrogen-bond acceptors (Lipinski definition) is 8. The predicted octanol–water partition coefficient (Wildman–Crippen LogP) is 6.43. The van der Waals surface area contributed by atoms with E-state index in [0.717, 1.165) is 114 Å². The standard InChI is InChI=1S/C24H34N6O3S.C11H14F3N3/c1-25-24(32)30(10-3-15-31)23-21-5-4-20(16-22(21)27(2)26-23)19-8-11-28(12-9-19)17-18-6-13-29(34-33)14-7-18;12-11(13,14)8-6-15-10(16-7-8)17-9-4-2-1-3-5-9/h4-5,15-16,18-19H,3,6-14,17H2,1-2H3;6-7,9H,1-5H2,(H,15,16,17)/p+1. The zero-order chi connectivity index (χ0) is 36.4. The number of hydrogen-bond donors (Lipinski definition) is 2. The van der Waals surface area contributed by atoms with Crippen molar-refractivity contribution in [2.24, 2.45) is 13.0 Å². The van der Waals surface area contributed by atoms with Gasteiger partial charge in [-0.1, -0.05) is 19.3 Å². The number of rotatable bonds is 9. The summed E-state index contributed by atoms with van der Waals surface area (Å²) in [6, 6.07) is 6.48. The van der Waals surface area contributed by atoms with Gasteiger partial charge in [-0.2, -0.15) is 18.3 Å². The van der Waals surface area contributed by atoms with Gasteiger partial charge in [0.15, 0.2) is 5.82 Å². The number of likely N-dealkylation sites (tertiary alicyclic amines) is 1. The number of aldehydes is 1. The molecule has 0 bridgehead atoms. The van der Waals surface area contributed by atoms with Crippen LogP contribution in [0.15, 0.2) is 30.6 Å². The van der Waals surface area contributed by atoms with Crippen LogP contribution < -0.4 is 15.5 Å². The van der Waals surface area contributed by atoms with Crippen molar-refractivity contribution in [3.05, 3.63) is 41.7 Å². The molecule has 0 radical (unpaired) electrons. The molecule has 1 aromatic carbocycles. The van der Waals surface area contributed by atoms with Crippen molar-refractivity contribution in [3.63, 3.8) is 0 Å². The molecule has 2 aromatic heterocycles. The molecule has 2 amide bonds. The van der Waals surface area contributed by atoms with Crippen molar-refractivity contribution < 1.29 is 26.8 Å². The predicted molar refractivity (Wildman–Crippen MR) is 192 cm³/mol. The van der Waals surface area contributed by atoms with Crippen molar-refractivity contribution in [1.29, 1.82) is 0 Å². The summed E-state index contributed by atoms with van der Waals surface area (Å²) in [4.78, 5) is 34.8. The number of anilines is 2. The van der Waals surface area contributed by atoms with E-state index in [1.807, 2.05) is 16.0 Å². The molecule has 1 aliphatic carbocycles. The molecule has 51 heavy (non-hydrogen) atoms. The number of nitrogens with one attached hydrogen (secondary N) is 2. The fourth-order valence-corrected chi connectivity index (χ4v) is 7.65. The second-order valence-electron chi connectivity index (χ2n) is 13.7. The second kappa shape index (κ2) is 18.2. The number of carbonyl (C=O) groups is 2. The molecule has 0 unspecified atom stereocenters. The first-order chi connectivity index (χ1) is 24.6. The molecule has 2 aliphatic heterocycles.